The molecular weight excluding hydrogens is 387 g/mol. The van der Waals surface area contributed by atoms with Gasteiger partial charge >= 0.3 is 5.97 Å². The quantitative estimate of drug-likeness (QED) is 0.585. The number of benzene rings is 1. The highest BCUT2D eigenvalue weighted by Gasteiger charge is 2.31. The SMILES string of the molecule is CCOC(=O)[C@@H]1CCCN([C@H](C)C(=O)Nc2cc(Cl)c(Cl)cc2Cl)C1. The minimum Gasteiger partial charge on any atom is -0.466 e. The van der Waals surface area contributed by atoms with E-state index in [4.69, 9.17) is 39.5 Å². The molecule has 0 aliphatic carbocycles. The van der Waals surface area contributed by atoms with Crippen LogP contribution in [0.15, 0.2) is 12.1 Å². The summed E-state index contributed by atoms with van der Waals surface area (Å²) in [5.41, 5.74) is 0.409. The number of piperidine rings is 1. The molecule has 1 amide bonds. The van der Waals surface area contributed by atoms with Crippen LogP contribution in [-0.4, -0.2) is 42.5 Å². The Morgan fingerprint density at radius 1 is 1.28 bits per heavy atom. The van der Waals surface area contributed by atoms with Crippen molar-refractivity contribution in [3.63, 3.8) is 0 Å². The molecule has 1 aliphatic rings. The number of rotatable bonds is 5. The van der Waals surface area contributed by atoms with Crippen LogP contribution in [0.2, 0.25) is 15.1 Å². The first-order valence-corrected chi connectivity index (χ1v) is 9.33. The molecule has 0 bridgehead atoms. The van der Waals surface area contributed by atoms with Crippen LogP contribution in [0.5, 0.6) is 0 Å². The van der Waals surface area contributed by atoms with E-state index < -0.39 is 6.04 Å². The van der Waals surface area contributed by atoms with Crippen LogP contribution in [0.25, 0.3) is 0 Å². The van der Waals surface area contributed by atoms with Gasteiger partial charge in [-0.05, 0) is 45.4 Å². The molecule has 1 heterocycles. The Morgan fingerprint density at radius 3 is 2.64 bits per heavy atom. The Balaban J connectivity index is 2.02. The average Bonchev–Trinajstić information content (AvgIpc) is 2.59. The summed E-state index contributed by atoms with van der Waals surface area (Å²) in [5, 5.41) is 3.73. The van der Waals surface area contributed by atoms with E-state index >= 15 is 0 Å². The van der Waals surface area contributed by atoms with E-state index in [0.717, 1.165) is 19.4 Å². The van der Waals surface area contributed by atoms with Crippen molar-refractivity contribution >= 4 is 52.4 Å². The lowest BCUT2D eigenvalue weighted by Crippen LogP contribution is -2.48. The van der Waals surface area contributed by atoms with Crippen molar-refractivity contribution < 1.29 is 14.3 Å². The van der Waals surface area contributed by atoms with Gasteiger partial charge in [-0.3, -0.25) is 14.5 Å². The molecule has 25 heavy (non-hydrogen) atoms. The molecule has 2 rings (SSSR count). The number of esters is 1. The summed E-state index contributed by atoms with van der Waals surface area (Å²) in [6.07, 6.45) is 1.62. The van der Waals surface area contributed by atoms with Gasteiger partial charge in [0, 0.05) is 6.54 Å². The highest BCUT2D eigenvalue weighted by atomic mass is 35.5. The second-order valence-electron chi connectivity index (χ2n) is 6.00. The number of carbonyl (C=O) groups is 2. The molecule has 1 aromatic carbocycles. The summed E-state index contributed by atoms with van der Waals surface area (Å²) in [7, 11) is 0. The maximum atomic E-state index is 12.6. The summed E-state index contributed by atoms with van der Waals surface area (Å²) < 4.78 is 5.09. The highest BCUT2D eigenvalue weighted by Crippen LogP contribution is 2.32. The van der Waals surface area contributed by atoms with E-state index in [1.165, 1.54) is 12.1 Å². The summed E-state index contributed by atoms with van der Waals surface area (Å²) in [6.45, 7) is 5.20. The normalized spacial score (nSPS) is 19.3. The summed E-state index contributed by atoms with van der Waals surface area (Å²) in [6, 6.07) is 2.60. The lowest BCUT2D eigenvalue weighted by molar-refractivity contribution is -0.150. The topological polar surface area (TPSA) is 58.6 Å². The summed E-state index contributed by atoms with van der Waals surface area (Å²) in [4.78, 5) is 26.5. The van der Waals surface area contributed by atoms with E-state index in [9.17, 15) is 9.59 Å². The molecule has 5 nitrogen and oxygen atoms in total. The number of anilines is 1. The van der Waals surface area contributed by atoms with Crippen LogP contribution in [0, 0.1) is 5.92 Å². The average molecular weight is 408 g/mol. The second kappa shape index (κ2) is 9.08. The molecule has 1 N–H and O–H groups in total. The minimum absolute atomic E-state index is 0.197. The molecule has 0 aromatic heterocycles. The van der Waals surface area contributed by atoms with E-state index in [1.54, 1.807) is 13.8 Å². The van der Waals surface area contributed by atoms with Gasteiger partial charge in [0.25, 0.3) is 0 Å². The molecule has 0 saturated carbocycles. The van der Waals surface area contributed by atoms with Gasteiger partial charge in [-0.15, -0.1) is 0 Å². The Labute approximate surface area is 162 Å². The smallest absolute Gasteiger partial charge is 0.310 e. The number of nitrogens with one attached hydrogen (secondary N) is 1. The van der Waals surface area contributed by atoms with Gasteiger partial charge in [0.2, 0.25) is 5.91 Å². The van der Waals surface area contributed by atoms with Crippen molar-refractivity contribution in [2.45, 2.75) is 32.7 Å². The maximum absolute atomic E-state index is 12.6. The zero-order valence-corrected chi connectivity index (χ0v) is 16.4. The Bertz CT molecular complexity index is 654. The molecule has 1 aromatic rings. The van der Waals surface area contributed by atoms with Gasteiger partial charge in [-0.2, -0.15) is 0 Å². The van der Waals surface area contributed by atoms with Crippen LogP contribution in [0.3, 0.4) is 0 Å². The fourth-order valence-electron chi connectivity index (χ4n) is 2.83. The van der Waals surface area contributed by atoms with E-state index in [0.29, 0.717) is 33.9 Å². The van der Waals surface area contributed by atoms with Crippen LogP contribution in [0.1, 0.15) is 26.7 Å². The van der Waals surface area contributed by atoms with Gasteiger partial charge in [0.15, 0.2) is 0 Å². The third-order valence-corrected chi connectivity index (χ3v) is 5.30. The highest BCUT2D eigenvalue weighted by molar-refractivity contribution is 6.44. The number of halogens is 3. The Hall–Kier alpha value is -1.01. The fraction of sp³-hybridized carbons (Fsp3) is 0.529. The molecular formula is C17H21Cl3N2O3. The fourth-order valence-corrected chi connectivity index (χ4v) is 3.43. The predicted molar refractivity (Wildman–Crippen MR) is 100 cm³/mol. The van der Waals surface area contributed by atoms with Crippen molar-refractivity contribution in [2.75, 3.05) is 25.0 Å². The van der Waals surface area contributed by atoms with Gasteiger partial charge in [-0.1, -0.05) is 34.8 Å². The molecule has 0 unspecified atom stereocenters. The van der Waals surface area contributed by atoms with E-state index in [1.807, 2.05) is 4.90 Å². The van der Waals surface area contributed by atoms with Crippen LogP contribution in [-0.2, 0) is 14.3 Å². The summed E-state index contributed by atoms with van der Waals surface area (Å²) in [5.74, 6) is -0.616. The monoisotopic (exact) mass is 406 g/mol. The first-order chi connectivity index (χ1) is 11.8. The van der Waals surface area contributed by atoms with Crippen LogP contribution in [0.4, 0.5) is 5.69 Å². The standard InChI is InChI=1S/C17H21Cl3N2O3/c1-3-25-17(24)11-5-4-6-22(9-11)10(2)16(23)21-15-8-13(19)12(18)7-14(15)20/h7-8,10-11H,3-6,9H2,1-2H3,(H,21,23)/t10-,11-/m1/s1. The number of nitrogens with zero attached hydrogens (tertiary/aromatic N) is 1. The van der Waals surface area contributed by atoms with Crippen LogP contribution < -0.4 is 5.32 Å². The number of hydrogen-bond donors (Lipinski definition) is 1. The van der Waals surface area contributed by atoms with Crippen molar-refractivity contribution in [3.05, 3.63) is 27.2 Å². The number of likely N-dealkylation sites (tertiary alicyclic amines) is 1. The van der Waals surface area contributed by atoms with Crippen molar-refractivity contribution in [1.29, 1.82) is 0 Å². The van der Waals surface area contributed by atoms with Gasteiger partial charge in [-0.25, -0.2) is 0 Å². The Kier molecular flexibility index (Phi) is 7.37. The number of amides is 1. The van der Waals surface area contributed by atoms with E-state index in [-0.39, 0.29) is 17.8 Å². The van der Waals surface area contributed by atoms with Crippen molar-refractivity contribution in [2.24, 2.45) is 5.92 Å². The number of carbonyl (C=O) groups excluding carboxylic acids is 2. The zero-order valence-electron chi connectivity index (χ0n) is 14.2. The van der Waals surface area contributed by atoms with Crippen LogP contribution >= 0.6 is 34.8 Å². The minimum atomic E-state index is -0.414. The predicted octanol–water partition coefficient (Wildman–Crippen LogP) is 4.25. The maximum Gasteiger partial charge on any atom is 0.310 e. The molecule has 8 heteroatoms. The van der Waals surface area contributed by atoms with E-state index in [2.05, 4.69) is 5.32 Å². The second-order valence-corrected chi connectivity index (χ2v) is 7.22. The third-order valence-electron chi connectivity index (χ3n) is 4.27. The lowest BCUT2D eigenvalue weighted by atomic mass is 9.97. The molecule has 0 spiro atoms. The largest absolute Gasteiger partial charge is 0.466 e. The molecule has 1 saturated heterocycles. The Morgan fingerprint density at radius 2 is 1.96 bits per heavy atom. The molecule has 1 fully saturated rings. The number of hydrogen-bond acceptors (Lipinski definition) is 4. The van der Waals surface area contributed by atoms with Gasteiger partial charge < -0.3 is 10.1 Å². The first-order valence-electron chi connectivity index (χ1n) is 8.19. The molecule has 138 valence electrons. The molecule has 1 aliphatic heterocycles. The first kappa shape index (κ1) is 20.3. The zero-order chi connectivity index (χ0) is 18.6. The lowest BCUT2D eigenvalue weighted by Gasteiger charge is -2.35. The van der Waals surface area contributed by atoms with Crippen molar-refractivity contribution in [1.82, 2.24) is 4.90 Å². The van der Waals surface area contributed by atoms with Gasteiger partial charge in [0.05, 0.1) is 39.3 Å². The molecule has 0 radical (unpaired) electrons. The number of ether oxygens (including phenoxy) is 1. The van der Waals surface area contributed by atoms with Crippen molar-refractivity contribution in [3.8, 4) is 0 Å². The third kappa shape index (κ3) is 5.23. The van der Waals surface area contributed by atoms with Gasteiger partial charge in [0.1, 0.15) is 0 Å². The summed E-state index contributed by atoms with van der Waals surface area (Å²) >= 11 is 18.0. The molecule has 2 atom stereocenters.